The number of nitrogens with zero attached hydrogens (tertiary/aromatic N) is 3. The lowest BCUT2D eigenvalue weighted by Crippen LogP contribution is -2.16. The summed E-state index contributed by atoms with van der Waals surface area (Å²) in [4.78, 5) is 23.5. The summed E-state index contributed by atoms with van der Waals surface area (Å²) >= 11 is 0. The number of anilines is 1. The van der Waals surface area contributed by atoms with E-state index in [0.29, 0.717) is 17.9 Å². The molecule has 0 saturated carbocycles. The Balaban J connectivity index is 1.93. The van der Waals surface area contributed by atoms with E-state index < -0.39 is 10.8 Å². The molecule has 0 saturated heterocycles. The van der Waals surface area contributed by atoms with Crippen molar-refractivity contribution in [3.8, 4) is 0 Å². The molecule has 0 bridgehead atoms. The van der Waals surface area contributed by atoms with Crippen molar-refractivity contribution in [2.45, 2.75) is 39.7 Å². The molecule has 3 aromatic rings. The maximum atomic E-state index is 12.8. The second-order valence-corrected chi connectivity index (χ2v) is 8.02. The van der Waals surface area contributed by atoms with Gasteiger partial charge in [-0.15, -0.1) is 0 Å². The van der Waals surface area contributed by atoms with Crippen molar-refractivity contribution in [3.63, 3.8) is 0 Å². The summed E-state index contributed by atoms with van der Waals surface area (Å²) in [6, 6.07) is 16.1. The molecule has 1 aromatic heterocycles. The molecule has 0 spiro atoms. The van der Waals surface area contributed by atoms with Gasteiger partial charge in [-0.25, -0.2) is 4.68 Å². The van der Waals surface area contributed by atoms with Gasteiger partial charge in [0, 0.05) is 28.7 Å². The smallest absolute Gasteiger partial charge is 0.273 e. The number of rotatable bonds is 5. The molecule has 7 nitrogen and oxygen atoms in total. The normalized spacial score (nSPS) is 11.3. The summed E-state index contributed by atoms with van der Waals surface area (Å²) in [5.74, 6) is 0.134. The molecule has 150 valence electrons. The fourth-order valence-corrected chi connectivity index (χ4v) is 2.90. The van der Waals surface area contributed by atoms with Crippen molar-refractivity contribution in [2.24, 2.45) is 0 Å². The first kappa shape index (κ1) is 20.3. The van der Waals surface area contributed by atoms with E-state index in [-0.39, 0.29) is 16.7 Å². The number of benzene rings is 2. The van der Waals surface area contributed by atoms with Crippen LogP contribution in [0.15, 0.2) is 54.6 Å². The number of nitro groups is 1. The molecule has 3 rings (SSSR count). The summed E-state index contributed by atoms with van der Waals surface area (Å²) in [6.45, 7) is 8.30. The van der Waals surface area contributed by atoms with Crippen LogP contribution in [0.4, 0.5) is 11.5 Å². The van der Waals surface area contributed by atoms with Crippen LogP contribution in [0, 0.1) is 17.0 Å². The van der Waals surface area contributed by atoms with Crippen LogP contribution < -0.4 is 5.32 Å². The topological polar surface area (TPSA) is 90.1 Å². The molecule has 0 unspecified atom stereocenters. The highest BCUT2D eigenvalue weighted by Crippen LogP contribution is 2.26. The van der Waals surface area contributed by atoms with Gasteiger partial charge in [0.2, 0.25) is 0 Å². The summed E-state index contributed by atoms with van der Waals surface area (Å²) in [7, 11) is 0. The van der Waals surface area contributed by atoms with Crippen molar-refractivity contribution in [2.75, 3.05) is 5.32 Å². The van der Waals surface area contributed by atoms with Gasteiger partial charge in [0.25, 0.3) is 11.6 Å². The zero-order valence-corrected chi connectivity index (χ0v) is 17.0. The molecule has 0 atom stereocenters. The van der Waals surface area contributed by atoms with Crippen LogP contribution in [0.2, 0.25) is 0 Å². The Kier molecular flexibility index (Phi) is 5.50. The zero-order chi connectivity index (χ0) is 21.2. The van der Waals surface area contributed by atoms with Gasteiger partial charge in [0.05, 0.1) is 17.2 Å². The van der Waals surface area contributed by atoms with E-state index in [1.165, 1.54) is 6.07 Å². The van der Waals surface area contributed by atoms with Gasteiger partial charge in [-0.1, -0.05) is 57.2 Å². The number of carbonyl (C=O) groups excluding carboxylic acids is 1. The highest BCUT2D eigenvalue weighted by Gasteiger charge is 2.22. The van der Waals surface area contributed by atoms with Gasteiger partial charge < -0.3 is 5.32 Å². The maximum absolute atomic E-state index is 12.8. The van der Waals surface area contributed by atoms with Crippen molar-refractivity contribution in [1.29, 1.82) is 0 Å². The molecule has 0 aliphatic heterocycles. The van der Waals surface area contributed by atoms with Crippen LogP contribution in [0.25, 0.3) is 0 Å². The SMILES string of the molecule is Cc1ccc(C(=O)Nc2cc(C(C)(C)C)nn2Cc2ccccc2)cc1[N+](=O)[O-]. The third-order valence-corrected chi connectivity index (χ3v) is 4.63. The second kappa shape index (κ2) is 7.87. The molecule has 7 heteroatoms. The standard InChI is InChI=1S/C22H24N4O3/c1-15-10-11-17(12-18(15)26(28)29)21(27)23-20-13-19(22(2,3)4)24-25(20)14-16-8-6-5-7-9-16/h5-13H,14H2,1-4H3,(H,23,27). The van der Waals surface area contributed by atoms with Gasteiger partial charge in [0.1, 0.15) is 5.82 Å². The molecular formula is C22H24N4O3. The Bertz CT molecular complexity index is 1050. The molecule has 0 aliphatic rings. The van der Waals surface area contributed by atoms with Crippen molar-refractivity contribution < 1.29 is 9.72 Å². The molecule has 1 heterocycles. The Morgan fingerprint density at radius 1 is 1.14 bits per heavy atom. The molecule has 1 amide bonds. The Morgan fingerprint density at radius 2 is 1.83 bits per heavy atom. The molecule has 29 heavy (non-hydrogen) atoms. The molecule has 0 aliphatic carbocycles. The Morgan fingerprint density at radius 3 is 2.45 bits per heavy atom. The number of hydrogen-bond donors (Lipinski definition) is 1. The highest BCUT2D eigenvalue weighted by atomic mass is 16.6. The van der Waals surface area contributed by atoms with Gasteiger partial charge in [-0.05, 0) is 18.6 Å². The minimum absolute atomic E-state index is 0.0779. The number of aromatic nitrogens is 2. The predicted molar refractivity (Wildman–Crippen MR) is 112 cm³/mol. The van der Waals surface area contributed by atoms with Gasteiger partial charge in [-0.2, -0.15) is 5.10 Å². The minimum Gasteiger partial charge on any atom is -0.307 e. The van der Waals surface area contributed by atoms with Gasteiger partial charge in [-0.3, -0.25) is 14.9 Å². The average Bonchev–Trinajstić information content (AvgIpc) is 3.05. The van der Waals surface area contributed by atoms with Gasteiger partial charge >= 0.3 is 0 Å². The highest BCUT2D eigenvalue weighted by molar-refractivity contribution is 6.04. The third kappa shape index (κ3) is 4.68. The lowest BCUT2D eigenvalue weighted by Gasteiger charge is -2.14. The van der Waals surface area contributed by atoms with Crippen LogP contribution in [0.3, 0.4) is 0 Å². The molecule has 1 N–H and O–H groups in total. The Hall–Kier alpha value is -3.48. The number of amides is 1. The first-order valence-electron chi connectivity index (χ1n) is 9.34. The fraction of sp³-hybridized carbons (Fsp3) is 0.273. The molecule has 0 radical (unpaired) electrons. The molecule has 0 fully saturated rings. The van der Waals surface area contributed by atoms with Crippen molar-refractivity contribution in [1.82, 2.24) is 9.78 Å². The zero-order valence-electron chi connectivity index (χ0n) is 17.0. The van der Waals surface area contributed by atoms with E-state index in [1.807, 2.05) is 36.4 Å². The van der Waals surface area contributed by atoms with Crippen LogP contribution in [0.1, 0.15) is 48.0 Å². The van der Waals surface area contributed by atoms with E-state index in [1.54, 1.807) is 23.7 Å². The van der Waals surface area contributed by atoms with E-state index in [9.17, 15) is 14.9 Å². The minimum atomic E-state index is -0.483. The molecular weight excluding hydrogens is 368 g/mol. The first-order valence-corrected chi connectivity index (χ1v) is 9.34. The lowest BCUT2D eigenvalue weighted by molar-refractivity contribution is -0.385. The number of nitro benzene ring substituents is 1. The quantitative estimate of drug-likeness (QED) is 0.503. The van der Waals surface area contributed by atoms with E-state index in [4.69, 9.17) is 0 Å². The van der Waals surface area contributed by atoms with E-state index in [0.717, 1.165) is 11.3 Å². The van der Waals surface area contributed by atoms with Crippen LogP contribution in [-0.4, -0.2) is 20.6 Å². The summed E-state index contributed by atoms with van der Waals surface area (Å²) in [5, 5.41) is 18.7. The summed E-state index contributed by atoms with van der Waals surface area (Å²) in [6.07, 6.45) is 0. The maximum Gasteiger partial charge on any atom is 0.273 e. The van der Waals surface area contributed by atoms with Crippen LogP contribution in [0.5, 0.6) is 0 Å². The second-order valence-electron chi connectivity index (χ2n) is 8.02. The summed E-state index contributed by atoms with van der Waals surface area (Å²) in [5.41, 5.74) is 2.37. The van der Waals surface area contributed by atoms with Gasteiger partial charge in [0.15, 0.2) is 0 Å². The lowest BCUT2D eigenvalue weighted by atomic mass is 9.92. The first-order chi connectivity index (χ1) is 13.6. The van der Waals surface area contributed by atoms with E-state index in [2.05, 4.69) is 31.2 Å². The van der Waals surface area contributed by atoms with Crippen LogP contribution >= 0.6 is 0 Å². The summed E-state index contributed by atoms with van der Waals surface area (Å²) < 4.78 is 1.75. The predicted octanol–water partition coefficient (Wildman–Crippen LogP) is 4.70. The number of hydrogen-bond acceptors (Lipinski definition) is 4. The fourth-order valence-electron chi connectivity index (χ4n) is 2.90. The van der Waals surface area contributed by atoms with Crippen LogP contribution in [-0.2, 0) is 12.0 Å². The third-order valence-electron chi connectivity index (χ3n) is 4.63. The van der Waals surface area contributed by atoms with Crippen molar-refractivity contribution in [3.05, 3.63) is 87.1 Å². The average molecular weight is 392 g/mol. The van der Waals surface area contributed by atoms with E-state index >= 15 is 0 Å². The molecule has 2 aromatic carbocycles. The monoisotopic (exact) mass is 392 g/mol. The largest absolute Gasteiger partial charge is 0.307 e. The number of aryl methyl sites for hydroxylation is 1. The Labute approximate surface area is 169 Å². The number of nitrogens with one attached hydrogen (secondary N) is 1. The number of carbonyl (C=O) groups is 1. The van der Waals surface area contributed by atoms with Crippen molar-refractivity contribution >= 4 is 17.4 Å².